The molecule has 0 unspecified atom stereocenters. The molecule has 1 aromatic rings. The van der Waals surface area contributed by atoms with Gasteiger partial charge in [-0.05, 0) is 40.4 Å². The third-order valence-electron chi connectivity index (χ3n) is 1.80. The van der Waals surface area contributed by atoms with Crippen molar-refractivity contribution in [1.82, 2.24) is 4.98 Å². The van der Waals surface area contributed by atoms with Gasteiger partial charge in [0.15, 0.2) is 0 Å². The Kier molecular flexibility index (Phi) is 2.49. The fourth-order valence-electron chi connectivity index (χ4n) is 1.07. The molecular weight excluding hydrogens is 204 g/mol. The first-order valence-corrected chi connectivity index (χ1v) is 4.35. The molecule has 1 heterocycles. The Bertz CT molecular complexity index is 271. The van der Waals surface area contributed by atoms with Gasteiger partial charge in [0, 0.05) is 10.7 Å². The first-order chi connectivity index (χ1) is 5.16. The number of aromatic nitrogens is 1. The molecular formula is C8H11BrN2. The second-order valence-corrected chi connectivity index (χ2v) is 3.30. The van der Waals surface area contributed by atoms with Crippen LogP contribution in [0.2, 0.25) is 0 Å². The normalized spacial score (nSPS) is 10.1. The van der Waals surface area contributed by atoms with Gasteiger partial charge >= 0.3 is 0 Å². The third kappa shape index (κ3) is 1.53. The van der Waals surface area contributed by atoms with Crippen LogP contribution < -0.4 is 5.73 Å². The molecule has 0 atom stereocenters. The van der Waals surface area contributed by atoms with Gasteiger partial charge in [0.05, 0.1) is 0 Å². The van der Waals surface area contributed by atoms with E-state index < -0.39 is 0 Å². The number of nitrogen functional groups attached to an aromatic ring is 1. The lowest BCUT2D eigenvalue weighted by atomic mass is 10.1. The highest BCUT2D eigenvalue weighted by atomic mass is 79.9. The van der Waals surface area contributed by atoms with Crippen LogP contribution in [0.5, 0.6) is 0 Å². The van der Waals surface area contributed by atoms with Crippen LogP contribution in [0.1, 0.15) is 18.1 Å². The molecule has 0 aliphatic rings. The van der Waals surface area contributed by atoms with Crippen molar-refractivity contribution in [3.8, 4) is 0 Å². The van der Waals surface area contributed by atoms with Crippen LogP contribution in [0.25, 0.3) is 0 Å². The Morgan fingerprint density at radius 2 is 2.27 bits per heavy atom. The van der Waals surface area contributed by atoms with Crippen molar-refractivity contribution in [2.24, 2.45) is 0 Å². The molecule has 2 N–H and O–H groups in total. The van der Waals surface area contributed by atoms with E-state index in [4.69, 9.17) is 5.73 Å². The Labute approximate surface area is 75.0 Å². The SMILES string of the molecule is CCc1c(Br)cnc(N)c1C. The largest absolute Gasteiger partial charge is 0.383 e. The first kappa shape index (κ1) is 8.53. The lowest BCUT2D eigenvalue weighted by Crippen LogP contribution is -1.98. The number of nitrogens with two attached hydrogens (primary N) is 1. The van der Waals surface area contributed by atoms with E-state index in [9.17, 15) is 0 Å². The molecule has 1 aromatic heterocycles. The Morgan fingerprint density at radius 3 is 2.73 bits per heavy atom. The van der Waals surface area contributed by atoms with E-state index in [1.54, 1.807) is 6.20 Å². The highest BCUT2D eigenvalue weighted by Crippen LogP contribution is 2.22. The summed E-state index contributed by atoms with van der Waals surface area (Å²) >= 11 is 3.42. The Balaban J connectivity index is 3.29. The van der Waals surface area contributed by atoms with Gasteiger partial charge in [-0.15, -0.1) is 0 Å². The van der Waals surface area contributed by atoms with E-state index in [0.29, 0.717) is 5.82 Å². The van der Waals surface area contributed by atoms with Crippen molar-refractivity contribution in [2.75, 3.05) is 5.73 Å². The van der Waals surface area contributed by atoms with Gasteiger partial charge in [-0.3, -0.25) is 0 Å². The predicted molar refractivity (Wildman–Crippen MR) is 50.5 cm³/mol. The summed E-state index contributed by atoms with van der Waals surface area (Å²) in [5.41, 5.74) is 7.97. The molecule has 0 spiro atoms. The average Bonchev–Trinajstić information content (AvgIpc) is 1.99. The second kappa shape index (κ2) is 3.22. The summed E-state index contributed by atoms with van der Waals surface area (Å²) in [5.74, 6) is 0.630. The van der Waals surface area contributed by atoms with Gasteiger partial charge in [0.25, 0.3) is 0 Å². The summed E-state index contributed by atoms with van der Waals surface area (Å²) in [6.07, 6.45) is 2.74. The molecule has 1 rings (SSSR count). The quantitative estimate of drug-likeness (QED) is 0.780. The zero-order valence-corrected chi connectivity index (χ0v) is 8.27. The Hall–Kier alpha value is -0.570. The van der Waals surface area contributed by atoms with E-state index in [-0.39, 0.29) is 0 Å². The monoisotopic (exact) mass is 214 g/mol. The van der Waals surface area contributed by atoms with Crippen molar-refractivity contribution in [3.63, 3.8) is 0 Å². The van der Waals surface area contributed by atoms with Crippen molar-refractivity contribution in [1.29, 1.82) is 0 Å². The average molecular weight is 215 g/mol. The highest BCUT2D eigenvalue weighted by Gasteiger charge is 2.04. The maximum Gasteiger partial charge on any atom is 0.126 e. The minimum Gasteiger partial charge on any atom is -0.383 e. The van der Waals surface area contributed by atoms with Crippen LogP contribution in [0.4, 0.5) is 5.82 Å². The van der Waals surface area contributed by atoms with Crippen molar-refractivity contribution in [3.05, 3.63) is 21.8 Å². The fourth-order valence-corrected chi connectivity index (χ4v) is 1.75. The van der Waals surface area contributed by atoms with Crippen LogP contribution in [-0.2, 0) is 6.42 Å². The lowest BCUT2D eigenvalue weighted by molar-refractivity contribution is 1.07. The zero-order valence-electron chi connectivity index (χ0n) is 6.69. The van der Waals surface area contributed by atoms with Gasteiger partial charge < -0.3 is 5.73 Å². The summed E-state index contributed by atoms with van der Waals surface area (Å²) in [5, 5.41) is 0. The van der Waals surface area contributed by atoms with Crippen LogP contribution in [-0.4, -0.2) is 4.98 Å². The minimum absolute atomic E-state index is 0.630. The van der Waals surface area contributed by atoms with Crippen molar-refractivity contribution >= 4 is 21.7 Å². The fraction of sp³-hybridized carbons (Fsp3) is 0.375. The first-order valence-electron chi connectivity index (χ1n) is 3.56. The number of halogens is 1. The Morgan fingerprint density at radius 1 is 1.64 bits per heavy atom. The molecule has 11 heavy (non-hydrogen) atoms. The van der Waals surface area contributed by atoms with Gasteiger partial charge in [0.1, 0.15) is 5.82 Å². The molecule has 3 heteroatoms. The number of pyridine rings is 1. The standard InChI is InChI=1S/C8H11BrN2/c1-3-6-5(2)8(10)11-4-7(6)9/h4H,3H2,1-2H3,(H2,10,11). The number of nitrogens with zero attached hydrogens (tertiary/aromatic N) is 1. The van der Waals surface area contributed by atoms with Crippen LogP contribution >= 0.6 is 15.9 Å². The lowest BCUT2D eigenvalue weighted by Gasteiger charge is -2.06. The van der Waals surface area contributed by atoms with E-state index in [0.717, 1.165) is 16.5 Å². The molecule has 60 valence electrons. The van der Waals surface area contributed by atoms with E-state index >= 15 is 0 Å². The van der Waals surface area contributed by atoms with Crippen molar-refractivity contribution < 1.29 is 0 Å². The van der Waals surface area contributed by atoms with Crippen LogP contribution in [0.15, 0.2) is 10.7 Å². The molecule has 0 bridgehead atoms. The van der Waals surface area contributed by atoms with Gasteiger partial charge in [0.2, 0.25) is 0 Å². The van der Waals surface area contributed by atoms with Gasteiger partial charge in [-0.1, -0.05) is 6.92 Å². The summed E-state index contributed by atoms with van der Waals surface area (Å²) in [7, 11) is 0. The maximum absolute atomic E-state index is 5.63. The summed E-state index contributed by atoms with van der Waals surface area (Å²) in [6.45, 7) is 4.10. The molecule has 0 aliphatic heterocycles. The van der Waals surface area contributed by atoms with Crippen molar-refractivity contribution in [2.45, 2.75) is 20.3 Å². The number of hydrogen-bond acceptors (Lipinski definition) is 2. The second-order valence-electron chi connectivity index (χ2n) is 2.45. The molecule has 0 amide bonds. The predicted octanol–water partition coefficient (Wildman–Crippen LogP) is 2.30. The molecule has 0 radical (unpaired) electrons. The summed E-state index contributed by atoms with van der Waals surface area (Å²) < 4.78 is 1.05. The third-order valence-corrected chi connectivity index (χ3v) is 2.48. The summed E-state index contributed by atoms with van der Waals surface area (Å²) in [6, 6.07) is 0. The summed E-state index contributed by atoms with van der Waals surface area (Å²) in [4.78, 5) is 4.02. The van der Waals surface area contributed by atoms with Crippen LogP contribution in [0, 0.1) is 6.92 Å². The maximum atomic E-state index is 5.63. The van der Waals surface area contributed by atoms with Gasteiger partial charge in [-0.25, -0.2) is 4.98 Å². The van der Waals surface area contributed by atoms with E-state index in [1.165, 1.54) is 5.56 Å². The van der Waals surface area contributed by atoms with Gasteiger partial charge in [-0.2, -0.15) is 0 Å². The zero-order chi connectivity index (χ0) is 8.43. The molecule has 0 fully saturated rings. The molecule has 0 saturated carbocycles. The van der Waals surface area contributed by atoms with E-state index in [2.05, 4.69) is 27.8 Å². The molecule has 0 aliphatic carbocycles. The molecule has 2 nitrogen and oxygen atoms in total. The van der Waals surface area contributed by atoms with E-state index in [1.807, 2.05) is 6.92 Å². The van der Waals surface area contributed by atoms with Crippen LogP contribution in [0.3, 0.4) is 0 Å². The molecule has 0 aromatic carbocycles. The molecule has 0 saturated heterocycles. The minimum atomic E-state index is 0.630. The number of anilines is 1. The smallest absolute Gasteiger partial charge is 0.126 e. The number of rotatable bonds is 1. The number of hydrogen-bond donors (Lipinski definition) is 1. The highest BCUT2D eigenvalue weighted by molar-refractivity contribution is 9.10. The topological polar surface area (TPSA) is 38.9 Å².